The molecule has 1 heterocycles. The second kappa shape index (κ2) is 6.86. The van der Waals surface area contributed by atoms with E-state index >= 15 is 0 Å². The molecule has 90 valence electrons. The van der Waals surface area contributed by atoms with Crippen LogP contribution in [0.1, 0.15) is 32.8 Å². The highest BCUT2D eigenvalue weighted by molar-refractivity contribution is 9.10. The summed E-state index contributed by atoms with van der Waals surface area (Å²) in [5.74, 6) is 0.735. The lowest BCUT2D eigenvalue weighted by atomic mass is 10.2. The summed E-state index contributed by atoms with van der Waals surface area (Å²) in [7, 11) is 0. The SMILES string of the molecule is CCNCc1cc(Br)cnc1OC(C)CC. The van der Waals surface area contributed by atoms with E-state index < -0.39 is 0 Å². The molecule has 1 aromatic rings. The van der Waals surface area contributed by atoms with E-state index in [1.807, 2.05) is 6.07 Å². The van der Waals surface area contributed by atoms with Gasteiger partial charge in [-0.3, -0.25) is 0 Å². The second-order valence-corrected chi connectivity index (χ2v) is 4.65. The molecule has 0 aliphatic rings. The molecule has 3 nitrogen and oxygen atoms in total. The van der Waals surface area contributed by atoms with E-state index in [1.54, 1.807) is 6.20 Å². The maximum absolute atomic E-state index is 5.77. The Morgan fingerprint density at radius 3 is 2.88 bits per heavy atom. The van der Waals surface area contributed by atoms with Crippen molar-refractivity contribution in [2.45, 2.75) is 39.8 Å². The highest BCUT2D eigenvalue weighted by Gasteiger charge is 2.09. The molecule has 0 amide bonds. The van der Waals surface area contributed by atoms with Crippen molar-refractivity contribution in [3.8, 4) is 5.88 Å². The number of aromatic nitrogens is 1. The number of hydrogen-bond donors (Lipinski definition) is 1. The van der Waals surface area contributed by atoms with Gasteiger partial charge in [0, 0.05) is 22.8 Å². The molecule has 1 aromatic heterocycles. The van der Waals surface area contributed by atoms with Crippen molar-refractivity contribution in [1.82, 2.24) is 10.3 Å². The predicted octanol–water partition coefficient (Wildman–Crippen LogP) is 3.13. The summed E-state index contributed by atoms with van der Waals surface area (Å²) >= 11 is 3.43. The molecule has 0 aliphatic heterocycles. The molecular formula is C12H19BrN2O. The normalized spacial score (nSPS) is 12.5. The maximum Gasteiger partial charge on any atom is 0.218 e. The van der Waals surface area contributed by atoms with Gasteiger partial charge in [-0.05, 0) is 41.9 Å². The van der Waals surface area contributed by atoms with E-state index in [4.69, 9.17) is 4.74 Å². The number of hydrogen-bond acceptors (Lipinski definition) is 3. The first-order valence-corrected chi connectivity index (χ1v) is 6.48. The summed E-state index contributed by atoms with van der Waals surface area (Å²) in [6, 6.07) is 2.05. The molecule has 0 bridgehead atoms. The molecule has 0 aliphatic carbocycles. The molecule has 1 rings (SSSR count). The molecule has 4 heteroatoms. The van der Waals surface area contributed by atoms with Crippen molar-refractivity contribution in [3.63, 3.8) is 0 Å². The minimum absolute atomic E-state index is 0.203. The van der Waals surface area contributed by atoms with Crippen LogP contribution in [0.2, 0.25) is 0 Å². The number of nitrogens with one attached hydrogen (secondary N) is 1. The van der Waals surface area contributed by atoms with Crippen molar-refractivity contribution in [2.75, 3.05) is 6.54 Å². The van der Waals surface area contributed by atoms with Crippen molar-refractivity contribution in [3.05, 3.63) is 22.3 Å². The Morgan fingerprint density at radius 1 is 1.50 bits per heavy atom. The minimum atomic E-state index is 0.203. The molecule has 0 saturated heterocycles. The highest BCUT2D eigenvalue weighted by atomic mass is 79.9. The fraction of sp³-hybridized carbons (Fsp3) is 0.583. The van der Waals surface area contributed by atoms with Gasteiger partial charge >= 0.3 is 0 Å². The Morgan fingerprint density at radius 2 is 2.25 bits per heavy atom. The Bertz CT molecular complexity index is 331. The van der Waals surface area contributed by atoms with Gasteiger partial charge in [0.1, 0.15) is 0 Å². The second-order valence-electron chi connectivity index (χ2n) is 3.73. The number of nitrogens with zero attached hydrogens (tertiary/aromatic N) is 1. The van der Waals surface area contributed by atoms with Crippen LogP contribution in [0.3, 0.4) is 0 Å². The van der Waals surface area contributed by atoms with E-state index in [2.05, 4.69) is 47.0 Å². The smallest absolute Gasteiger partial charge is 0.218 e. The lowest BCUT2D eigenvalue weighted by Gasteiger charge is -2.15. The third-order valence-corrected chi connectivity index (χ3v) is 2.78. The molecule has 0 fully saturated rings. The Kier molecular flexibility index (Phi) is 5.77. The van der Waals surface area contributed by atoms with Gasteiger partial charge in [-0.25, -0.2) is 4.98 Å². The summed E-state index contributed by atoms with van der Waals surface area (Å²) in [6.07, 6.45) is 2.96. The number of ether oxygens (including phenoxy) is 1. The largest absolute Gasteiger partial charge is 0.474 e. The summed E-state index contributed by atoms with van der Waals surface area (Å²) < 4.78 is 6.76. The van der Waals surface area contributed by atoms with Crippen LogP contribution in [0.15, 0.2) is 16.7 Å². The number of halogens is 1. The molecule has 1 atom stereocenters. The Balaban J connectivity index is 2.80. The van der Waals surface area contributed by atoms with E-state index in [0.29, 0.717) is 0 Å². The first-order chi connectivity index (χ1) is 7.67. The molecule has 16 heavy (non-hydrogen) atoms. The molecule has 0 spiro atoms. The zero-order valence-electron chi connectivity index (χ0n) is 10.1. The average Bonchev–Trinajstić information content (AvgIpc) is 2.29. The van der Waals surface area contributed by atoms with Gasteiger partial charge < -0.3 is 10.1 Å². The average molecular weight is 287 g/mol. The van der Waals surface area contributed by atoms with Crippen LogP contribution >= 0.6 is 15.9 Å². The van der Waals surface area contributed by atoms with Crippen molar-refractivity contribution in [1.29, 1.82) is 0 Å². The lowest BCUT2D eigenvalue weighted by molar-refractivity contribution is 0.206. The fourth-order valence-corrected chi connectivity index (χ4v) is 1.61. The number of rotatable bonds is 6. The Labute approximate surface area is 106 Å². The van der Waals surface area contributed by atoms with Gasteiger partial charge in [-0.1, -0.05) is 13.8 Å². The van der Waals surface area contributed by atoms with Gasteiger partial charge in [0.05, 0.1) is 6.10 Å². The van der Waals surface area contributed by atoms with Crippen LogP contribution in [-0.4, -0.2) is 17.6 Å². The molecule has 1 N–H and O–H groups in total. The maximum atomic E-state index is 5.77. The molecule has 0 saturated carbocycles. The van der Waals surface area contributed by atoms with Crippen LogP contribution in [0.4, 0.5) is 0 Å². The van der Waals surface area contributed by atoms with E-state index in [9.17, 15) is 0 Å². The monoisotopic (exact) mass is 286 g/mol. The lowest BCUT2D eigenvalue weighted by Crippen LogP contribution is -2.16. The van der Waals surface area contributed by atoms with Crippen LogP contribution in [-0.2, 0) is 6.54 Å². The van der Waals surface area contributed by atoms with Crippen LogP contribution in [0, 0.1) is 0 Å². The van der Waals surface area contributed by atoms with Gasteiger partial charge in [-0.15, -0.1) is 0 Å². The van der Waals surface area contributed by atoms with Crippen molar-refractivity contribution >= 4 is 15.9 Å². The first-order valence-electron chi connectivity index (χ1n) is 5.69. The first kappa shape index (κ1) is 13.5. The number of pyridine rings is 1. The quantitative estimate of drug-likeness (QED) is 0.872. The van der Waals surface area contributed by atoms with Gasteiger partial charge in [0.15, 0.2) is 0 Å². The minimum Gasteiger partial charge on any atom is -0.474 e. The molecule has 0 aromatic carbocycles. The summed E-state index contributed by atoms with van der Waals surface area (Å²) in [5, 5.41) is 3.28. The third-order valence-electron chi connectivity index (χ3n) is 2.35. The summed E-state index contributed by atoms with van der Waals surface area (Å²) in [6.45, 7) is 7.97. The summed E-state index contributed by atoms with van der Waals surface area (Å²) in [5.41, 5.74) is 1.09. The third kappa shape index (κ3) is 4.10. The van der Waals surface area contributed by atoms with Crippen LogP contribution in [0.5, 0.6) is 5.88 Å². The van der Waals surface area contributed by atoms with E-state index in [0.717, 1.165) is 35.4 Å². The molecular weight excluding hydrogens is 268 g/mol. The van der Waals surface area contributed by atoms with E-state index in [-0.39, 0.29) is 6.10 Å². The van der Waals surface area contributed by atoms with Gasteiger partial charge in [-0.2, -0.15) is 0 Å². The van der Waals surface area contributed by atoms with Gasteiger partial charge in [0.2, 0.25) is 5.88 Å². The van der Waals surface area contributed by atoms with Crippen molar-refractivity contribution < 1.29 is 4.74 Å². The van der Waals surface area contributed by atoms with Crippen LogP contribution in [0.25, 0.3) is 0 Å². The van der Waals surface area contributed by atoms with Crippen molar-refractivity contribution in [2.24, 2.45) is 0 Å². The zero-order chi connectivity index (χ0) is 12.0. The summed E-state index contributed by atoms with van der Waals surface area (Å²) in [4.78, 5) is 4.31. The predicted molar refractivity (Wildman–Crippen MR) is 69.7 cm³/mol. The van der Waals surface area contributed by atoms with Crippen LogP contribution < -0.4 is 10.1 Å². The topological polar surface area (TPSA) is 34.2 Å². The van der Waals surface area contributed by atoms with Gasteiger partial charge in [0.25, 0.3) is 0 Å². The molecule has 0 radical (unpaired) electrons. The zero-order valence-corrected chi connectivity index (χ0v) is 11.7. The fourth-order valence-electron chi connectivity index (χ4n) is 1.23. The molecule has 1 unspecified atom stereocenters. The Hall–Kier alpha value is -0.610. The van der Waals surface area contributed by atoms with E-state index in [1.165, 1.54) is 0 Å². The standard InChI is InChI=1S/C12H19BrN2O/c1-4-9(3)16-12-10(7-14-5-2)6-11(13)8-15-12/h6,8-9,14H,4-5,7H2,1-3H3. The highest BCUT2D eigenvalue weighted by Crippen LogP contribution is 2.21.